The molecule has 0 amide bonds. The maximum absolute atomic E-state index is 2.37. The number of likely N-dealkylation sites (N-methyl/N-ethyl adjacent to an activating group) is 1. The van der Waals surface area contributed by atoms with Crippen molar-refractivity contribution in [1.29, 1.82) is 0 Å². The van der Waals surface area contributed by atoms with Crippen molar-refractivity contribution in [2.75, 3.05) is 13.1 Å². The van der Waals surface area contributed by atoms with Crippen LogP contribution in [-0.4, -0.2) is 23.1 Å². The summed E-state index contributed by atoms with van der Waals surface area (Å²) in [5.41, 5.74) is 3.16. The van der Waals surface area contributed by atoms with Crippen LogP contribution in [0.3, 0.4) is 0 Å². The summed E-state index contributed by atoms with van der Waals surface area (Å²) < 4.78 is 0. The second kappa shape index (κ2) is 3.53. The van der Waals surface area contributed by atoms with Crippen LogP contribution in [-0.2, 0) is 0 Å². The predicted molar refractivity (Wildman–Crippen MR) is 63.8 cm³/mol. The zero-order valence-corrected chi connectivity index (χ0v) is 10.1. The lowest BCUT2D eigenvalue weighted by atomic mass is 9.85. The number of fused-ring (bicyclic) bond motifs is 1. The lowest BCUT2D eigenvalue weighted by Crippen LogP contribution is -2.33. The van der Waals surface area contributed by atoms with E-state index in [9.17, 15) is 0 Å². The number of nitrogens with zero attached hydrogens (tertiary/aromatic N) is 2. The van der Waals surface area contributed by atoms with Crippen LogP contribution in [0.15, 0.2) is 35.7 Å². The van der Waals surface area contributed by atoms with E-state index in [1.54, 1.807) is 0 Å². The molecular weight excluding hydrogens is 184 g/mol. The Labute approximate surface area is 92.5 Å². The van der Waals surface area contributed by atoms with Crippen LogP contribution in [0.2, 0.25) is 0 Å². The summed E-state index contributed by atoms with van der Waals surface area (Å²) in [4.78, 5) is 0. The molecule has 0 saturated carbocycles. The molecule has 0 aliphatic carbocycles. The number of hydrogen-bond donors (Lipinski definition) is 0. The van der Waals surface area contributed by atoms with Gasteiger partial charge in [-0.2, -0.15) is 0 Å². The van der Waals surface area contributed by atoms with Crippen molar-refractivity contribution in [2.45, 2.75) is 27.7 Å². The Kier molecular flexibility index (Phi) is 2.47. The van der Waals surface area contributed by atoms with E-state index in [0.717, 1.165) is 13.1 Å². The van der Waals surface area contributed by atoms with Gasteiger partial charge >= 0.3 is 0 Å². The number of hydrogen-bond acceptors (Lipinski definition) is 2. The highest BCUT2D eigenvalue weighted by atomic mass is 15.6. The molecule has 0 atom stereocenters. The van der Waals surface area contributed by atoms with Gasteiger partial charge in [-0.05, 0) is 23.1 Å². The number of allylic oxidation sites excluding steroid dienone is 3. The summed E-state index contributed by atoms with van der Waals surface area (Å²) in [5, 5.41) is 4.65. The second-order valence-electron chi connectivity index (χ2n) is 5.14. The SMILES string of the molecule is CCN1CC(C(C)(C)C)=C2C=CC=CN21. The van der Waals surface area contributed by atoms with E-state index < -0.39 is 0 Å². The monoisotopic (exact) mass is 204 g/mol. The molecular formula is C13H20N2. The molecule has 0 fully saturated rings. The van der Waals surface area contributed by atoms with Gasteiger partial charge in [0.05, 0.1) is 5.70 Å². The fourth-order valence-electron chi connectivity index (χ4n) is 2.15. The maximum atomic E-state index is 2.37. The van der Waals surface area contributed by atoms with Crippen LogP contribution in [0.25, 0.3) is 0 Å². The molecule has 2 nitrogen and oxygen atoms in total. The van der Waals surface area contributed by atoms with Gasteiger partial charge in [-0.15, -0.1) is 0 Å². The van der Waals surface area contributed by atoms with Crippen molar-refractivity contribution in [2.24, 2.45) is 5.41 Å². The number of rotatable bonds is 1. The van der Waals surface area contributed by atoms with Gasteiger partial charge in [-0.25, -0.2) is 5.01 Å². The Morgan fingerprint density at radius 2 is 2.00 bits per heavy atom. The third kappa shape index (κ3) is 1.74. The summed E-state index contributed by atoms with van der Waals surface area (Å²) in [6, 6.07) is 0. The summed E-state index contributed by atoms with van der Waals surface area (Å²) in [6.07, 6.45) is 8.59. The van der Waals surface area contributed by atoms with Crippen LogP contribution in [0.5, 0.6) is 0 Å². The molecule has 82 valence electrons. The quantitative estimate of drug-likeness (QED) is 0.648. The average molecular weight is 204 g/mol. The molecule has 2 aliphatic heterocycles. The Bertz CT molecular complexity index is 342. The molecule has 0 bridgehead atoms. The van der Waals surface area contributed by atoms with Gasteiger partial charge in [-0.3, -0.25) is 5.01 Å². The minimum absolute atomic E-state index is 0.257. The second-order valence-corrected chi connectivity index (χ2v) is 5.14. The Morgan fingerprint density at radius 1 is 1.27 bits per heavy atom. The van der Waals surface area contributed by atoms with Crippen LogP contribution < -0.4 is 0 Å². The smallest absolute Gasteiger partial charge is 0.0584 e. The fraction of sp³-hybridized carbons (Fsp3) is 0.538. The molecule has 2 heteroatoms. The molecule has 0 aromatic rings. The van der Waals surface area contributed by atoms with Crippen LogP contribution >= 0.6 is 0 Å². The fourth-order valence-corrected chi connectivity index (χ4v) is 2.15. The molecule has 0 saturated heterocycles. The summed E-state index contributed by atoms with van der Waals surface area (Å²) in [5.74, 6) is 0. The highest BCUT2D eigenvalue weighted by Gasteiger charge is 2.32. The van der Waals surface area contributed by atoms with Gasteiger partial charge in [0.2, 0.25) is 0 Å². The Balaban J connectivity index is 2.38. The lowest BCUT2D eigenvalue weighted by Gasteiger charge is -2.28. The van der Waals surface area contributed by atoms with E-state index in [-0.39, 0.29) is 5.41 Å². The van der Waals surface area contributed by atoms with E-state index in [0.29, 0.717) is 0 Å². The lowest BCUT2D eigenvalue weighted by molar-refractivity contribution is 0.0994. The van der Waals surface area contributed by atoms with Crippen molar-refractivity contribution in [3.63, 3.8) is 0 Å². The van der Waals surface area contributed by atoms with Crippen molar-refractivity contribution in [3.8, 4) is 0 Å². The number of hydrazine groups is 1. The van der Waals surface area contributed by atoms with E-state index in [1.165, 1.54) is 11.3 Å². The molecule has 0 unspecified atom stereocenters. The summed E-state index contributed by atoms with van der Waals surface area (Å²) in [7, 11) is 0. The van der Waals surface area contributed by atoms with Crippen LogP contribution in [0.4, 0.5) is 0 Å². The van der Waals surface area contributed by atoms with Crippen molar-refractivity contribution >= 4 is 0 Å². The third-order valence-corrected chi connectivity index (χ3v) is 3.06. The summed E-state index contributed by atoms with van der Waals surface area (Å²) in [6.45, 7) is 11.2. The van der Waals surface area contributed by atoms with E-state index in [4.69, 9.17) is 0 Å². The molecule has 0 aromatic carbocycles. The molecule has 2 heterocycles. The van der Waals surface area contributed by atoms with Crippen LogP contribution in [0, 0.1) is 5.41 Å². The molecule has 0 spiro atoms. The van der Waals surface area contributed by atoms with Gasteiger partial charge in [0.25, 0.3) is 0 Å². The topological polar surface area (TPSA) is 6.48 Å². The Morgan fingerprint density at radius 3 is 2.60 bits per heavy atom. The summed E-state index contributed by atoms with van der Waals surface area (Å²) >= 11 is 0. The van der Waals surface area contributed by atoms with Gasteiger partial charge < -0.3 is 0 Å². The van der Waals surface area contributed by atoms with Crippen molar-refractivity contribution in [1.82, 2.24) is 10.0 Å². The molecule has 2 rings (SSSR count). The first kappa shape index (κ1) is 10.5. The first-order valence-electron chi connectivity index (χ1n) is 5.66. The minimum Gasteiger partial charge on any atom is -0.281 e. The molecule has 2 aliphatic rings. The third-order valence-electron chi connectivity index (χ3n) is 3.06. The largest absolute Gasteiger partial charge is 0.281 e. The zero-order chi connectivity index (χ0) is 11.1. The minimum atomic E-state index is 0.257. The van der Waals surface area contributed by atoms with Gasteiger partial charge in [0, 0.05) is 19.3 Å². The van der Waals surface area contributed by atoms with E-state index >= 15 is 0 Å². The normalized spacial score (nSPS) is 21.5. The predicted octanol–water partition coefficient (Wildman–Crippen LogP) is 2.92. The standard InChI is InChI=1S/C13H20N2/c1-5-14-10-11(13(2,3)4)12-8-6-7-9-15(12)14/h6-9H,5,10H2,1-4H3. The molecule has 0 aromatic heterocycles. The van der Waals surface area contributed by atoms with Crippen molar-refractivity contribution in [3.05, 3.63) is 35.7 Å². The highest BCUT2D eigenvalue weighted by molar-refractivity contribution is 5.37. The van der Waals surface area contributed by atoms with E-state index in [1.807, 2.05) is 0 Å². The molecule has 15 heavy (non-hydrogen) atoms. The van der Waals surface area contributed by atoms with Gasteiger partial charge in [-0.1, -0.05) is 33.8 Å². The van der Waals surface area contributed by atoms with Crippen molar-refractivity contribution < 1.29 is 0 Å². The maximum Gasteiger partial charge on any atom is 0.0584 e. The molecule has 0 N–H and O–H groups in total. The molecule has 0 radical (unpaired) electrons. The highest BCUT2D eigenvalue weighted by Crippen LogP contribution is 2.37. The average Bonchev–Trinajstić information content (AvgIpc) is 2.55. The first-order valence-corrected chi connectivity index (χ1v) is 5.66. The van der Waals surface area contributed by atoms with E-state index in [2.05, 4.69) is 62.1 Å². The van der Waals surface area contributed by atoms with Crippen LogP contribution in [0.1, 0.15) is 27.7 Å². The van der Waals surface area contributed by atoms with Gasteiger partial charge in [0.1, 0.15) is 0 Å². The zero-order valence-electron chi connectivity index (χ0n) is 10.1. The Hall–Kier alpha value is -1.02. The van der Waals surface area contributed by atoms with Gasteiger partial charge in [0.15, 0.2) is 0 Å². The first-order chi connectivity index (χ1) is 7.04.